The third-order valence-corrected chi connectivity index (χ3v) is 2.65. The van der Waals surface area contributed by atoms with Crippen LogP contribution < -0.4 is 0 Å². The number of hydrogen-bond acceptors (Lipinski definition) is 2. The number of hydrogen-bond donors (Lipinski definition) is 0. The van der Waals surface area contributed by atoms with Gasteiger partial charge in [0.05, 0.1) is 0 Å². The first-order valence-electron chi connectivity index (χ1n) is 4.14. The molecule has 0 saturated heterocycles. The van der Waals surface area contributed by atoms with Gasteiger partial charge in [0.25, 0.3) is 0 Å². The van der Waals surface area contributed by atoms with Gasteiger partial charge in [-0.2, -0.15) is 0 Å². The fraction of sp³-hybridized carbons (Fsp3) is 0.556. The minimum atomic E-state index is 0.500. The van der Waals surface area contributed by atoms with Gasteiger partial charge in [-0.15, -0.1) is 0 Å². The summed E-state index contributed by atoms with van der Waals surface area (Å²) in [5, 5.41) is 0. The molecule has 0 saturated carbocycles. The zero-order valence-corrected chi connectivity index (χ0v) is 9.00. The Hall–Kier alpha value is -0.440. The minimum absolute atomic E-state index is 0.500. The second-order valence-electron chi connectivity index (χ2n) is 2.89. The van der Waals surface area contributed by atoms with Crippen molar-refractivity contribution in [1.29, 1.82) is 0 Å². The van der Waals surface area contributed by atoms with E-state index < -0.39 is 0 Å². The van der Waals surface area contributed by atoms with E-state index in [9.17, 15) is 0 Å². The topological polar surface area (TPSA) is 25.8 Å². The lowest BCUT2D eigenvalue weighted by Gasteiger charge is -2.04. The summed E-state index contributed by atoms with van der Waals surface area (Å²) >= 11 is 3.55. The van der Waals surface area contributed by atoms with E-state index in [1.54, 1.807) is 0 Å². The van der Waals surface area contributed by atoms with Crippen molar-refractivity contribution in [1.82, 2.24) is 9.97 Å². The number of aromatic nitrogens is 2. The average molecular weight is 229 g/mol. The Kier molecular flexibility index (Phi) is 3.66. The first kappa shape index (κ1) is 9.65. The number of alkyl halides is 1. The van der Waals surface area contributed by atoms with Crippen molar-refractivity contribution in [3.05, 3.63) is 23.8 Å². The molecule has 1 heterocycles. The molecule has 0 bridgehead atoms. The highest BCUT2D eigenvalue weighted by Crippen LogP contribution is 2.09. The zero-order chi connectivity index (χ0) is 8.97. The summed E-state index contributed by atoms with van der Waals surface area (Å²) in [7, 11) is 0. The molecule has 2 nitrogen and oxygen atoms in total. The van der Waals surface area contributed by atoms with E-state index in [0.29, 0.717) is 4.83 Å². The van der Waals surface area contributed by atoms with Crippen LogP contribution in [0.4, 0.5) is 0 Å². The zero-order valence-electron chi connectivity index (χ0n) is 7.42. The van der Waals surface area contributed by atoms with Crippen LogP contribution in [0.2, 0.25) is 0 Å². The molecule has 3 heteroatoms. The summed E-state index contributed by atoms with van der Waals surface area (Å²) in [5.41, 5.74) is 1.11. The summed E-state index contributed by atoms with van der Waals surface area (Å²) in [4.78, 5) is 8.95. The Morgan fingerprint density at radius 2 is 2.00 bits per heavy atom. The first-order chi connectivity index (χ1) is 5.72. The molecule has 0 spiro atoms. The summed E-state index contributed by atoms with van der Waals surface area (Å²) in [6, 6.07) is 0. The Bertz CT molecular complexity index is 233. The average Bonchev–Trinajstić information content (AvgIpc) is 2.09. The molecule has 1 atom stereocenters. The Morgan fingerprint density at radius 1 is 1.42 bits per heavy atom. The molecule has 0 aliphatic rings. The normalized spacial score (nSPS) is 12.9. The quantitative estimate of drug-likeness (QED) is 0.744. The van der Waals surface area contributed by atoms with Gasteiger partial charge in [0.2, 0.25) is 0 Å². The minimum Gasteiger partial charge on any atom is -0.241 e. The van der Waals surface area contributed by atoms with Crippen LogP contribution in [-0.4, -0.2) is 14.8 Å². The van der Waals surface area contributed by atoms with E-state index >= 15 is 0 Å². The lowest BCUT2D eigenvalue weighted by atomic mass is 10.2. The molecular weight excluding hydrogens is 216 g/mol. The van der Waals surface area contributed by atoms with Gasteiger partial charge < -0.3 is 0 Å². The number of rotatable bonds is 3. The van der Waals surface area contributed by atoms with Gasteiger partial charge in [0.15, 0.2) is 0 Å². The second kappa shape index (κ2) is 4.55. The predicted octanol–water partition coefficient (Wildman–Crippen LogP) is 2.50. The highest BCUT2D eigenvalue weighted by atomic mass is 79.9. The standard InChI is InChI=1S/C9H13BrN2/c1-3-8(10)4-9-11-5-7(2)6-12-9/h5-6,8H,3-4H2,1-2H3. The van der Waals surface area contributed by atoms with E-state index in [1.807, 2.05) is 19.3 Å². The molecule has 1 rings (SSSR count). The van der Waals surface area contributed by atoms with E-state index in [1.165, 1.54) is 0 Å². The van der Waals surface area contributed by atoms with Crippen LogP contribution in [0.3, 0.4) is 0 Å². The van der Waals surface area contributed by atoms with E-state index in [-0.39, 0.29) is 0 Å². The predicted molar refractivity (Wildman–Crippen MR) is 53.5 cm³/mol. The molecule has 0 amide bonds. The molecule has 1 aromatic heterocycles. The van der Waals surface area contributed by atoms with Crippen molar-refractivity contribution in [3.8, 4) is 0 Å². The number of aryl methyl sites for hydroxylation is 1. The largest absolute Gasteiger partial charge is 0.241 e. The van der Waals surface area contributed by atoms with Crippen LogP contribution in [0, 0.1) is 6.92 Å². The van der Waals surface area contributed by atoms with E-state index in [2.05, 4.69) is 32.8 Å². The van der Waals surface area contributed by atoms with Gasteiger partial charge in [-0.05, 0) is 18.9 Å². The highest BCUT2D eigenvalue weighted by Gasteiger charge is 2.03. The summed E-state index contributed by atoms with van der Waals surface area (Å²) in [5.74, 6) is 0.921. The Labute approximate surface area is 81.6 Å². The van der Waals surface area contributed by atoms with Crippen molar-refractivity contribution in [3.63, 3.8) is 0 Å². The number of nitrogens with zero attached hydrogens (tertiary/aromatic N) is 2. The maximum Gasteiger partial charge on any atom is 0.129 e. The first-order valence-corrected chi connectivity index (χ1v) is 5.05. The SMILES string of the molecule is CCC(Br)Cc1ncc(C)cn1. The van der Waals surface area contributed by atoms with Crippen LogP contribution in [0.1, 0.15) is 24.7 Å². The summed E-state index contributed by atoms with van der Waals surface area (Å²) < 4.78 is 0. The van der Waals surface area contributed by atoms with Gasteiger partial charge >= 0.3 is 0 Å². The van der Waals surface area contributed by atoms with Crippen LogP contribution >= 0.6 is 15.9 Å². The van der Waals surface area contributed by atoms with Crippen LogP contribution in [-0.2, 0) is 6.42 Å². The van der Waals surface area contributed by atoms with Gasteiger partial charge in [0.1, 0.15) is 5.82 Å². The molecule has 66 valence electrons. The van der Waals surface area contributed by atoms with Gasteiger partial charge in [-0.25, -0.2) is 9.97 Å². The van der Waals surface area contributed by atoms with Crippen molar-refractivity contribution < 1.29 is 0 Å². The van der Waals surface area contributed by atoms with Crippen LogP contribution in [0.25, 0.3) is 0 Å². The third kappa shape index (κ3) is 2.89. The monoisotopic (exact) mass is 228 g/mol. The van der Waals surface area contributed by atoms with Crippen molar-refractivity contribution >= 4 is 15.9 Å². The molecule has 0 radical (unpaired) electrons. The maximum absolute atomic E-state index is 4.23. The molecule has 1 unspecified atom stereocenters. The fourth-order valence-corrected chi connectivity index (χ4v) is 1.16. The maximum atomic E-state index is 4.23. The van der Waals surface area contributed by atoms with Crippen molar-refractivity contribution in [2.24, 2.45) is 0 Å². The summed E-state index contributed by atoms with van der Waals surface area (Å²) in [6.45, 7) is 4.14. The third-order valence-electron chi connectivity index (χ3n) is 1.68. The van der Waals surface area contributed by atoms with Crippen molar-refractivity contribution in [2.75, 3.05) is 0 Å². The van der Waals surface area contributed by atoms with E-state index in [4.69, 9.17) is 0 Å². The smallest absolute Gasteiger partial charge is 0.129 e. The lowest BCUT2D eigenvalue weighted by molar-refractivity contribution is 0.779. The Balaban J connectivity index is 2.58. The Morgan fingerprint density at radius 3 is 2.50 bits per heavy atom. The van der Waals surface area contributed by atoms with Crippen molar-refractivity contribution in [2.45, 2.75) is 31.5 Å². The van der Waals surface area contributed by atoms with Gasteiger partial charge in [-0.3, -0.25) is 0 Å². The number of halogens is 1. The second-order valence-corrected chi connectivity index (χ2v) is 4.18. The fourth-order valence-electron chi connectivity index (χ4n) is 0.867. The van der Waals surface area contributed by atoms with Gasteiger partial charge in [-0.1, -0.05) is 22.9 Å². The molecule has 1 aromatic rings. The molecule has 0 aliphatic heterocycles. The van der Waals surface area contributed by atoms with Crippen LogP contribution in [0.5, 0.6) is 0 Å². The molecule has 12 heavy (non-hydrogen) atoms. The molecular formula is C9H13BrN2. The highest BCUT2D eigenvalue weighted by molar-refractivity contribution is 9.09. The van der Waals surface area contributed by atoms with E-state index in [0.717, 1.165) is 24.2 Å². The molecule has 0 fully saturated rings. The van der Waals surface area contributed by atoms with Gasteiger partial charge in [0, 0.05) is 23.6 Å². The molecule has 0 aliphatic carbocycles. The molecule has 0 aromatic carbocycles. The summed E-state index contributed by atoms with van der Waals surface area (Å²) in [6.07, 6.45) is 5.74. The van der Waals surface area contributed by atoms with Crippen LogP contribution in [0.15, 0.2) is 12.4 Å². The lowest BCUT2D eigenvalue weighted by Crippen LogP contribution is -2.04. The molecule has 0 N–H and O–H groups in total.